The number of ether oxygens (including phenoxy) is 1. The molecule has 1 N–H and O–H groups in total. The molecule has 0 aliphatic carbocycles. The van der Waals surface area contributed by atoms with Gasteiger partial charge in [0.05, 0.1) is 6.61 Å². The zero-order valence-corrected chi connectivity index (χ0v) is 12.1. The molecular formula is C14H30N2O. The van der Waals surface area contributed by atoms with E-state index in [1.807, 2.05) is 0 Å². The third-order valence-electron chi connectivity index (χ3n) is 3.96. The van der Waals surface area contributed by atoms with E-state index in [1.54, 1.807) is 0 Å². The van der Waals surface area contributed by atoms with Crippen LogP contribution in [0.1, 0.15) is 47.0 Å². The highest BCUT2D eigenvalue weighted by Crippen LogP contribution is 2.20. The van der Waals surface area contributed by atoms with Crippen LogP contribution in [0, 0.1) is 0 Å². The summed E-state index contributed by atoms with van der Waals surface area (Å²) in [7, 11) is 0. The second-order valence-corrected chi connectivity index (χ2v) is 5.41. The number of rotatable bonds is 7. The molecule has 0 saturated carbocycles. The topological polar surface area (TPSA) is 24.5 Å². The molecule has 102 valence electrons. The van der Waals surface area contributed by atoms with E-state index in [0.29, 0.717) is 6.04 Å². The molecule has 0 aromatic rings. The Bertz CT molecular complexity index is 210. The van der Waals surface area contributed by atoms with Crippen LogP contribution in [0.25, 0.3) is 0 Å². The van der Waals surface area contributed by atoms with E-state index in [2.05, 4.69) is 37.9 Å². The quantitative estimate of drug-likeness (QED) is 0.693. The van der Waals surface area contributed by atoms with E-state index >= 15 is 0 Å². The van der Waals surface area contributed by atoms with Gasteiger partial charge >= 0.3 is 0 Å². The van der Waals surface area contributed by atoms with Gasteiger partial charge in [0, 0.05) is 37.8 Å². The number of hydrogen-bond donors (Lipinski definition) is 1. The van der Waals surface area contributed by atoms with E-state index < -0.39 is 0 Å². The molecule has 2 unspecified atom stereocenters. The first-order chi connectivity index (χ1) is 8.15. The monoisotopic (exact) mass is 242 g/mol. The van der Waals surface area contributed by atoms with Crippen molar-refractivity contribution >= 4 is 0 Å². The molecule has 1 aliphatic heterocycles. The molecule has 3 nitrogen and oxygen atoms in total. The Labute approximate surface area is 107 Å². The molecule has 1 saturated heterocycles. The molecule has 0 aromatic carbocycles. The summed E-state index contributed by atoms with van der Waals surface area (Å²) in [5, 5.41) is 3.72. The maximum absolute atomic E-state index is 5.50. The highest BCUT2D eigenvalue weighted by Gasteiger charge is 2.33. The van der Waals surface area contributed by atoms with Crippen LogP contribution in [0.5, 0.6) is 0 Å². The van der Waals surface area contributed by atoms with Gasteiger partial charge in [-0.1, -0.05) is 20.3 Å². The lowest BCUT2D eigenvalue weighted by molar-refractivity contribution is 0.0437. The average Bonchev–Trinajstić information content (AvgIpc) is 2.33. The largest absolute Gasteiger partial charge is 0.380 e. The molecular weight excluding hydrogens is 212 g/mol. The maximum atomic E-state index is 5.50. The van der Waals surface area contributed by atoms with E-state index in [1.165, 1.54) is 19.3 Å². The van der Waals surface area contributed by atoms with Gasteiger partial charge in [-0.15, -0.1) is 0 Å². The molecule has 0 spiro atoms. The summed E-state index contributed by atoms with van der Waals surface area (Å²) in [5.41, 5.74) is 0.288. The fourth-order valence-corrected chi connectivity index (χ4v) is 2.57. The summed E-state index contributed by atoms with van der Waals surface area (Å²) in [6.45, 7) is 14.0. The molecule has 1 aliphatic rings. The summed E-state index contributed by atoms with van der Waals surface area (Å²) >= 11 is 0. The second kappa shape index (κ2) is 7.34. The smallest absolute Gasteiger partial charge is 0.0593 e. The molecule has 1 heterocycles. The van der Waals surface area contributed by atoms with Gasteiger partial charge in [-0.05, 0) is 26.7 Å². The highest BCUT2D eigenvalue weighted by molar-refractivity contribution is 4.94. The normalized spacial score (nSPS) is 30.7. The first-order valence-corrected chi connectivity index (χ1v) is 7.22. The fraction of sp³-hybridized carbons (Fsp3) is 1.00. The Morgan fingerprint density at radius 1 is 1.35 bits per heavy atom. The highest BCUT2D eigenvalue weighted by atomic mass is 16.5. The fourth-order valence-electron chi connectivity index (χ4n) is 2.57. The zero-order valence-electron chi connectivity index (χ0n) is 12.1. The van der Waals surface area contributed by atoms with Crippen molar-refractivity contribution in [1.29, 1.82) is 0 Å². The van der Waals surface area contributed by atoms with E-state index in [4.69, 9.17) is 4.74 Å². The predicted octanol–water partition coefficient (Wildman–Crippen LogP) is 2.27. The summed E-state index contributed by atoms with van der Waals surface area (Å²) in [6, 6.07) is 0.695. The first-order valence-electron chi connectivity index (χ1n) is 7.22. The number of piperazine rings is 1. The summed E-state index contributed by atoms with van der Waals surface area (Å²) in [6.07, 6.45) is 3.75. The Morgan fingerprint density at radius 2 is 2.12 bits per heavy atom. The van der Waals surface area contributed by atoms with Gasteiger partial charge in [-0.25, -0.2) is 0 Å². The SMILES string of the molecule is CCCC1CNC(C)(CC)CN1CCOCC. The van der Waals surface area contributed by atoms with Crippen LogP contribution in [0.4, 0.5) is 0 Å². The van der Waals surface area contributed by atoms with Crippen LogP contribution in [0.2, 0.25) is 0 Å². The lowest BCUT2D eigenvalue weighted by Crippen LogP contribution is -2.63. The van der Waals surface area contributed by atoms with Gasteiger partial charge in [0.15, 0.2) is 0 Å². The third kappa shape index (κ3) is 4.57. The lowest BCUT2D eigenvalue weighted by atomic mass is 9.92. The Hall–Kier alpha value is -0.120. The van der Waals surface area contributed by atoms with Crippen molar-refractivity contribution in [3.8, 4) is 0 Å². The number of nitrogens with zero attached hydrogens (tertiary/aromatic N) is 1. The molecule has 2 atom stereocenters. The predicted molar refractivity (Wildman–Crippen MR) is 73.5 cm³/mol. The molecule has 0 aromatic heterocycles. The van der Waals surface area contributed by atoms with E-state index in [0.717, 1.165) is 32.8 Å². The average molecular weight is 242 g/mol. The zero-order chi connectivity index (χ0) is 12.7. The molecule has 0 bridgehead atoms. The van der Waals surface area contributed by atoms with Gasteiger partial charge < -0.3 is 10.1 Å². The van der Waals surface area contributed by atoms with Crippen molar-refractivity contribution in [2.75, 3.05) is 32.8 Å². The van der Waals surface area contributed by atoms with Crippen LogP contribution in [-0.4, -0.2) is 49.3 Å². The summed E-state index contributed by atoms with van der Waals surface area (Å²) in [4.78, 5) is 2.62. The molecule has 0 amide bonds. The minimum atomic E-state index is 0.288. The Morgan fingerprint density at radius 3 is 2.71 bits per heavy atom. The van der Waals surface area contributed by atoms with Gasteiger partial charge in [0.2, 0.25) is 0 Å². The molecule has 1 rings (SSSR count). The van der Waals surface area contributed by atoms with Gasteiger partial charge in [-0.3, -0.25) is 4.90 Å². The van der Waals surface area contributed by atoms with E-state index in [9.17, 15) is 0 Å². The minimum absolute atomic E-state index is 0.288. The second-order valence-electron chi connectivity index (χ2n) is 5.41. The van der Waals surface area contributed by atoms with Crippen LogP contribution in [0.3, 0.4) is 0 Å². The van der Waals surface area contributed by atoms with Crippen molar-refractivity contribution in [2.45, 2.75) is 58.5 Å². The number of nitrogens with one attached hydrogen (secondary N) is 1. The lowest BCUT2D eigenvalue weighted by Gasteiger charge is -2.46. The van der Waals surface area contributed by atoms with E-state index in [-0.39, 0.29) is 5.54 Å². The minimum Gasteiger partial charge on any atom is -0.380 e. The summed E-state index contributed by atoms with van der Waals surface area (Å²) < 4.78 is 5.50. The van der Waals surface area contributed by atoms with Crippen molar-refractivity contribution in [3.05, 3.63) is 0 Å². The van der Waals surface area contributed by atoms with Crippen LogP contribution < -0.4 is 5.32 Å². The maximum Gasteiger partial charge on any atom is 0.0593 e. The molecule has 0 radical (unpaired) electrons. The van der Waals surface area contributed by atoms with Gasteiger partial charge in [0.25, 0.3) is 0 Å². The van der Waals surface area contributed by atoms with Crippen molar-refractivity contribution in [3.63, 3.8) is 0 Å². The molecule has 3 heteroatoms. The Balaban J connectivity index is 2.49. The Kier molecular flexibility index (Phi) is 6.45. The van der Waals surface area contributed by atoms with Crippen molar-refractivity contribution in [1.82, 2.24) is 10.2 Å². The molecule has 1 fully saturated rings. The first kappa shape index (κ1) is 14.9. The van der Waals surface area contributed by atoms with Crippen LogP contribution >= 0.6 is 0 Å². The van der Waals surface area contributed by atoms with Gasteiger partial charge in [-0.2, -0.15) is 0 Å². The summed E-state index contributed by atoms with van der Waals surface area (Å²) in [5.74, 6) is 0. The standard InChI is InChI=1S/C14H30N2O/c1-5-8-13-11-15-14(4,6-2)12-16(13)9-10-17-7-3/h13,15H,5-12H2,1-4H3. The van der Waals surface area contributed by atoms with Gasteiger partial charge in [0.1, 0.15) is 0 Å². The third-order valence-corrected chi connectivity index (χ3v) is 3.96. The van der Waals surface area contributed by atoms with Crippen molar-refractivity contribution < 1.29 is 4.74 Å². The molecule has 17 heavy (non-hydrogen) atoms. The van der Waals surface area contributed by atoms with Crippen molar-refractivity contribution in [2.24, 2.45) is 0 Å². The van der Waals surface area contributed by atoms with Crippen LogP contribution in [-0.2, 0) is 4.74 Å². The number of hydrogen-bond acceptors (Lipinski definition) is 3. The van der Waals surface area contributed by atoms with Crippen LogP contribution in [0.15, 0.2) is 0 Å².